The molecule has 0 spiro atoms. The molecule has 1 aliphatic carbocycles. The number of nitrogens with one attached hydrogen (secondary N) is 1. The predicted molar refractivity (Wildman–Crippen MR) is 77.8 cm³/mol. The van der Waals surface area contributed by atoms with Gasteiger partial charge in [0.25, 0.3) is 0 Å². The van der Waals surface area contributed by atoms with Crippen LogP contribution in [0, 0.1) is 11.3 Å². The average Bonchev–Trinajstić information content (AvgIpc) is 2.40. The van der Waals surface area contributed by atoms with E-state index < -0.39 is 0 Å². The lowest BCUT2D eigenvalue weighted by Crippen LogP contribution is -2.39. The highest BCUT2D eigenvalue weighted by Crippen LogP contribution is 2.42. The monoisotopic (exact) mass is 260 g/mol. The van der Waals surface area contributed by atoms with Crippen molar-refractivity contribution < 1.29 is 4.79 Å². The molecular weight excluding hydrogens is 236 g/mol. The van der Waals surface area contributed by atoms with E-state index in [-0.39, 0.29) is 11.3 Å². The largest absolute Gasteiger partial charge is 0.326 e. The number of aromatic nitrogens is 1. The maximum absolute atomic E-state index is 12.7. The lowest BCUT2D eigenvalue weighted by molar-refractivity contribution is -0.128. The highest BCUT2D eigenvalue weighted by Gasteiger charge is 2.39. The van der Waals surface area contributed by atoms with Crippen LogP contribution in [-0.2, 0) is 4.79 Å². The normalized spacial score (nSPS) is 18.3. The summed E-state index contributed by atoms with van der Waals surface area (Å²) in [6.07, 6.45) is 10.1. The summed E-state index contributed by atoms with van der Waals surface area (Å²) in [5, 5.41) is 3.08. The topological polar surface area (TPSA) is 42.0 Å². The van der Waals surface area contributed by atoms with Crippen molar-refractivity contribution in [1.82, 2.24) is 4.98 Å². The zero-order valence-electron chi connectivity index (χ0n) is 12.0. The first-order chi connectivity index (χ1) is 9.12. The molecular formula is C16H24N2O. The van der Waals surface area contributed by atoms with E-state index in [0.29, 0.717) is 5.92 Å². The fraction of sp³-hybridized carbons (Fsp3) is 0.625. The zero-order valence-corrected chi connectivity index (χ0v) is 12.0. The molecule has 0 aromatic carbocycles. The van der Waals surface area contributed by atoms with Gasteiger partial charge < -0.3 is 5.32 Å². The van der Waals surface area contributed by atoms with Crippen LogP contribution in [0.1, 0.15) is 52.4 Å². The smallest absolute Gasteiger partial charge is 0.230 e. The van der Waals surface area contributed by atoms with E-state index >= 15 is 0 Å². The summed E-state index contributed by atoms with van der Waals surface area (Å²) < 4.78 is 0. The third kappa shape index (κ3) is 3.55. The highest BCUT2D eigenvalue weighted by molar-refractivity contribution is 5.95. The van der Waals surface area contributed by atoms with Crippen LogP contribution in [0.4, 0.5) is 5.69 Å². The molecule has 1 aromatic heterocycles. The Kier molecular flexibility index (Phi) is 4.56. The van der Waals surface area contributed by atoms with Crippen LogP contribution in [0.25, 0.3) is 0 Å². The second kappa shape index (κ2) is 6.18. The Morgan fingerprint density at radius 3 is 2.47 bits per heavy atom. The second-order valence-electron chi connectivity index (χ2n) is 6.13. The summed E-state index contributed by atoms with van der Waals surface area (Å²) in [5.74, 6) is 0.758. The van der Waals surface area contributed by atoms with Gasteiger partial charge in [-0.2, -0.15) is 0 Å². The van der Waals surface area contributed by atoms with Gasteiger partial charge in [-0.1, -0.05) is 33.1 Å². The van der Waals surface area contributed by atoms with Gasteiger partial charge in [-0.05, 0) is 37.3 Å². The number of carbonyl (C=O) groups excluding carboxylic acids is 1. The maximum atomic E-state index is 12.7. The minimum Gasteiger partial charge on any atom is -0.326 e. The van der Waals surface area contributed by atoms with Crippen LogP contribution < -0.4 is 5.32 Å². The molecule has 1 aliphatic rings. The standard InChI is InChI=1S/C16H24N2O/c1-13(2)12-16(8-4-3-5-9-16)15(19)18-14-6-10-17-11-7-14/h6-7,10-11,13H,3-5,8-9,12H2,1-2H3,(H,17,18,19). The van der Waals surface area contributed by atoms with E-state index in [1.54, 1.807) is 12.4 Å². The van der Waals surface area contributed by atoms with Crippen LogP contribution in [0.5, 0.6) is 0 Å². The molecule has 0 saturated heterocycles. The van der Waals surface area contributed by atoms with Gasteiger partial charge in [-0.3, -0.25) is 9.78 Å². The van der Waals surface area contributed by atoms with Crippen molar-refractivity contribution >= 4 is 11.6 Å². The van der Waals surface area contributed by atoms with Gasteiger partial charge in [0.1, 0.15) is 0 Å². The molecule has 104 valence electrons. The Hall–Kier alpha value is -1.38. The summed E-state index contributed by atoms with van der Waals surface area (Å²) in [6.45, 7) is 4.41. The molecule has 3 nitrogen and oxygen atoms in total. The molecule has 19 heavy (non-hydrogen) atoms. The lowest BCUT2D eigenvalue weighted by atomic mass is 9.69. The highest BCUT2D eigenvalue weighted by atomic mass is 16.2. The maximum Gasteiger partial charge on any atom is 0.230 e. The van der Waals surface area contributed by atoms with Gasteiger partial charge in [0, 0.05) is 23.5 Å². The first-order valence-electron chi connectivity index (χ1n) is 7.34. The fourth-order valence-electron chi connectivity index (χ4n) is 3.23. The van der Waals surface area contributed by atoms with Crippen LogP contribution in [0.2, 0.25) is 0 Å². The Morgan fingerprint density at radius 2 is 1.89 bits per heavy atom. The van der Waals surface area contributed by atoms with E-state index in [2.05, 4.69) is 24.1 Å². The average molecular weight is 260 g/mol. The molecule has 0 radical (unpaired) electrons. The molecule has 1 fully saturated rings. The molecule has 1 aromatic rings. The number of hydrogen-bond donors (Lipinski definition) is 1. The van der Waals surface area contributed by atoms with Crippen molar-refractivity contribution in [3.05, 3.63) is 24.5 Å². The molecule has 0 atom stereocenters. The summed E-state index contributed by atoms with van der Waals surface area (Å²) >= 11 is 0. The van der Waals surface area contributed by atoms with E-state index in [1.165, 1.54) is 19.3 Å². The number of rotatable bonds is 4. The molecule has 2 rings (SSSR count). The third-order valence-electron chi connectivity index (χ3n) is 4.03. The molecule has 0 aliphatic heterocycles. The minimum absolute atomic E-state index is 0.157. The molecule has 3 heteroatoms. The first-order valence-corrected chi connectivity index (χ1v) is 7.34. The van der Waals surface area contributed by atoms with Gasteiger partial charge in [0.15, 0.2) is 0 Å². The fourth-order valence-corrected chi connectivity index (χ4v) is 3.23. The number of amides is 1. The van der Waals surface area contributed by atoms with Gasteiger partial charge in [0.05, 0.1) is 0 Å². The summed E-state index contributed by atoms with van der Waals surface area (Å²) in [4.78, 5) is 16.7. The Morgan fingerprint density at radius 1 is 1.26 bits per heavy atom. The first kappa shape index (κ1) is 14.0. The van der Waals surface area contributed by atoms with Crippen molar-refractivity contribution in [1.29, 1.82) is 0 Å². The molecule has 0 bridgehead atoms. The summed E-state index contributed by atoms with van der Waals surface area (Å²) in [6, 6.07) is 3.70. The summed E-state index contributed by atoms with van der Waals surface area (Å²) in [7, 11) is 0. The molecule has 0 unspecified atom stereocenters. The number of nitrogens with zero attached hydrogens (tertiary/aromatic N) is 1. The quantitative estimate of drug-likeness (QED) is 0.888. The van der Waals surface area contributed by atoms with Crippen LogP contribution >= 0.6 is 0 Å². The second-order valence-corrected chi connectivity index (χ2v) is 6.13. The number of pyridine rings is 1. The van der Waals surface area contributed by atoms with E-state index in [0.717, 1.165) is 24.9 Å². The van der Waals surface area contributed by atoms with Crippen molar-refractivity contribution in [2.24, 2.45) is 11.3 Å². The van der Waals surface area contributed by atoms with E-state index in [1.807, 2.05) is 12.1 Å². The number of hydrogen-bond acceptors (Lipinski definition) is 2. The SMILES string of the molecule is CC(C)CC1(C(=O)Nc2ccncc2)CCCCC1. The van der Waals surface area contributed by atoms with Gasteiger partial charge >= 0.3 is 0 Å². The molecule has 1 amide bonds. The van der Waals surface area contributed by atoms with Crippen LogP contribution in [0.3, 0.4) is 0 Å². The van der Waals surface area contributed by atoms with Gasteiger partial charge in [-0.15, -0.1) is 0 Å². The van der Waals surface area contributed by atoms with Crippen LogP contribution in [0.15, 0.2) is 24.5 Å². The molecule has 1 N–H and O–H groups in total. The number of anilines is 1. The molecule has 1 saturated carbocycles. The Labute approximate surface area is 115 Å². The van der Waals surface area contributed by atoms with Crippen molar-refractivity contribution in [2.75, 3.05) is 5.32 Å². The number of carbonyl (C=O) groups is 1. The Bertz CT molecular complexity index is 408. The lowest BCUT2D eigenvalue weighted by Gasteiger charge is -2.37. The Balaban J connectivity index is 2.11. The predicted octanol–water partition coefficient (Wildman–Crippen LogP) is 4.02. The molecule has 1 heterocycles. The van der Waals surface area contributed by atoms with Crippen LogP contribution in [-0.4, -0.2) is 10.9 Å². The van der Waals surface area contributed by atoms with E-state index in [4.69, 9.17) is 0 Å². The van der Waals surface area contributed by atoms with Crippen molar-refractivity contribution in [3.63, 3.8) is 0 Å². The van der Waals surface area contributed by atoms with E-state index in [9.17, 15) is 4.79 Å². The third-order valence-corrected chi connectivity index (χ3v) is 4.03. The zero-order chi connectivity index (χ0) is 13.7. The summed E-state index contributed by atoms with van der Waals surface area (Å²) in [5.41, 5.74) is 0.698. The minimum atomic E-state index is -0.157. The van der Waals surface area contributed by atoms with Crippen molar-refractivity contribution in [3.8, 4) is 0 Å². The van der Waals surface area contributed by atoms with Gasteiger partial charge in [-0.25, -0.2) is 0 Å². The van der Waals surface area contributed by atoms with Gasteiger partial charge in [0.2, 0.25) is 5.91 Å². The van der Waals surface area contributed by atoms with Crippen molar-refractivity contribution in [2.45, 2.75) is 52.4 Å².